The fraction of sp³-hybridized carbons (Fsp3) is 0.667. The molecule has 118 valence electrons. The molecule has 1 aliphatic heterocycles. The first-order chi connectivity index (χ1) is 9.93. The topological polar surface area (TPSA) is 31.4 Å². The quantitative estimate of drug-likeness (QED) is 0.893. The number of nitrogens with zero attached hydrogens (tertiary/aromatic N) is 3. The van der Waals surface area contributed by atoms with Gasteiger partial charge in [-0.3, -0.25) is 0 Å². The second kappa shape index (κ2) is 7.03. The van der Waals surface area contributed by atoms with Gasteiger partial charge in [0.25, 0.3) is 0 Å². The number of anilines is 2. The first kappa shape index (κ1) is 16.7. The molecule has 2 atom stereocenters. The Labute approximate surface area is 137 Å². The summed E-state index contributed by atoms with van der Waals surface area (Å²) >= 11 is 12.6. The first-order valence-corrected chi connectivity index (χ1v) is 8.20. The molecule has 2 rings (SSSR count). The summed E-state index contributed by atoms with van der Waals surface area (Å²) in [6, 6.07) is 2.31. The van der Waals surface area contributed by atoms with Gasteiger partial charge in [0.2, 0.25) is 0 Å². The van der Waals surface area contributed by atoms with Crippen LogP contribution in [0.4, 0.5) is 11.6 Å². The van der Waals surface area contributed by atoms with Crippen LogP contribution in [0.25, 0.3) is 0 Å². The standard InChI is InChI=1S/C15H24Cl2N4/c1-5-6-18-14-11(16)7-12(17)15(19-14)21-8-10(2)13(9-21)20(3)4/h7,10,13H,5-6,8-9H2,1-4H3,(H,18,19). The van der Waals surface area contributed by atoms with Crippen molar-refractivity contribution in [1.82, 2.24) is 9.88 Å². The largest absolute Gasteiger partial charge is 0.369 e. The Hall–Kier alpha value is -0.710. The van der Waals surface area contributed by atoms with E-state index in [1.54, 1.807) is 6.07 Å². The third-order valence-electron chi connectivity index (χ3n) is 3.99. The van der Waals surface area contributed by atoms with Crippen molar-refractivity contribution in [2.75, 3.05) is 43.9 Å². The number of rotatable bonds is 5. The molecule has 0 aromatic carbocycles. The Morgan fingerprint density at radius 2 is 2.05 bits per heavy atom. The van der Waals surface area contributed by atoms with Crippen LogP contribution >= 0.6 is 23.2 Å². The minimum absolute atomic E-state index is 0.519. The van der Waals surface area contributed by atoms with Crippen LogP contribution in [0.1, 0.15) is 20.3 Å². The molecule has 0 spiro atoms. The van der Waals surface area contributed by atoms with Crippen LogP contribution in [0.3, 0.4) is 0 Å². The van der Waals surface area contributed by atoms with Crippen molar-refractivity contribution in [2.24, 2.45) is 5.92 Å². The van der Waals surface area contributed by atoms with Crippen LogP contribution in [0, 0.1) is 5.92 Å². The lowest BCUT2D eigenvalue weighted by Gasteiger charge is -2.23. The molecular weight excluding hydrogens is 307 g/mol. The predicted octanol–water partition coefficient (Wildman–Crippen LogP) is 3.60. The molecule has 2 heterocycles. The Morgan fingerprint density at radius 1 is 1.33 bits per heavy atom. The van der Waals surface area contributed by atoms with Gasteiger partial charge in [-0.25, -0.2) is 4.98 Å². The summed E-state index contributed by atoms with van der Waals surface area (Å²) in [5.74, 6) is 2.13. The van der Waals surface area contributed by atoms with Gasteiger partial charge in [-0.05, 0) is 32.5 Å². The van der Waals surface area contributed by atoms with Crippen molar-refractivity contribution >= 4 is 34.8 Å². The first-order valence-electron chi connectivity index (χ1n) is 7.45. The van der Waals surface area contributed by atoms with Gasteiger partial charge in [0, 0.05) is 25.7 Å². The highest BCUT2D eigenvalue weighted by atomic mass is 35.5. The highest BCUT2D eigenvalue weighted by Gasteiger charge is 2.32. The Bertz CT molecular complexity index is 493. The van der Waals surface area contributed by atoms with Crippen LogP contribution in [0.15, 0.2) is 6.07 Å². The molecule has 0 radical (unpaired) electrons. The maximum atomic E-state index is 6.36. The zero-order valence-electron chi connectivity index (χ0n) is 13.2. The molecule has 0 aliphatic carbocycles. The van der Waals surface area contributed by atoms with E-state index in [0.717, 1.165) is 37.7 Å². The van der Waals surface area contributed by atoms with Gasteiger partial charge >= 0.3 is 0 Å². The van der Waals surface area contributed by atoms with E-state index >= 15 is 0 Å². The van der Waals surface area contributed by atoms with E-state index in [2.05, 4.69) is 48.0 Å². The van der Waals surface area contributed by atoms with Crippen LogP contribution < -0.4 is 10.2 Å². The Kier molecular flexibility index (Phi) is 5.58. The van der Waals surface area contributed by atoms with E-state index in [-0.39, 0.29) is 0 Å². The van der Waals surface area contributed by atoms with Crippen LogP contribution in [0.2, 0.25) is 10.0 Å². The number of aromatic nitrogens is 1. The highest BCUT2D eigenvalue weighted by molar-refractivity contribution is 6.37. The third-order valence-corrected chi connectivity index (χ3v) is 4.56. The smallest absolute Gasteiger partial charge is 0.150 e. The minimum atomic E-state index is 0.519. The van der Waals surface area contributed by atoms with E-state index in [4.69, 9.17) is 23.2 Å². The van der Waals surface area contributed by atoms with Crippen LogP contribution in [-0.4, -0.2) is 49.7 Å². The normalized spacial score (nSPS) is 22.1. The molecule has 6 heteroatoms. The van der Waals surface area contributed by atoms with Crippen molar-refractivity contribution in [3.63, 3.8) is 0 Å². The molecule has 1 aromatic heterocycles. The SMILES string of the molecule is CCCNc1nc(N2CC(C)C(N(C)C)C2)c(Cl)cc1Cl. The van der Waals surface area contributed by atoms with Crippen molar-refractivity contribution in [3.05, 3.63) is 16.1 Å². The highest BCUT2D eigenvalue weighted by Crippen LogP contribution is 2.34. The van der Waals surface area contributed by atoms with Crippen molar-refractivity contribution in [1.29, 1.82) is 0 Å². The Balaban J connectivity index is 2.23. The maximum absolute atomic E-state index is 6.36. The average Bonchev–Trinajstić information content (AvgIpc) is 2.80. The molecule has 0 saturated carbocycles. The lowest BCUT2D eigenvalue weighted by Crippen LogP contribution is -2.34. The number of nitrogens with one attached hydrogen (secondary N) is 1. The maximum Gasteiger partial charge on any atom is 0.150 e. The molecule has 4 nitrogen and oxygen atoms in total. The average molecular weight is 331 g/mol. The minimum Gasteiger partial charge on any atom is -0.369 e. The number of hydrogen-bond donors (Lipinski definition) is 1. The van der Waals surface area contributed by atoms with Gasteiger partial charge in [-0.1, -0.05) is 37.0 Å². The molecule has 0 bridgehead atoms. The number of likely N-dealkylation sites (N-methyl/N-ethyl adjacent to an activating group) is 1. The lowest BCUT2D eigenvalue weighted by atomic mass is 10.1. The van der Waals surface area contributed by atoms with E-state index in [1.807, 2.05) is 0 Å². The van der Waals surface area contributed by atoms with Crippen molar-refractivity contribution < 1.29 is 0 Å². The summed E-state index contributed by atoms with van der Waals surface area (Å²) in [5.41, 5.74) is 0. The molecule has 1 aliphatic rings. The summed E-state index contributed by atoms with van der Waals surface area (Å²) in [6.07, 6.45) is 1.03. The zero-order valence-corrected chi connectivity index (χ0v) is 14.7. The monoisotopic (exact) mass is 330 g/mol. The fourth-order valence-electron chi connectivity index (χ4n) is 2.84. The van der Waals surface area contributed by atoms with Gasteiger partial charge < -0.3 is 15.1 Å². The molecule has 1 N–H and O–H groups in total. The van der Waals surface area contributed by atoms with E-state index in [1.165, 1.54) is 0 Å². The van der Waals surface area contributed by atoms with Crippen molar-refractivity contribution in [3.8, 4) is 0 Å². The Morgan fingerprint density at radius 3 is 2.62 bits per heavy atom. The lowest BCUT2D eigenvalue weighted by molar-refractivity contribution is 0.266. The van der Waals surface area contributed by atoms with E-state index in [9.17, 15) is 0 Å². The van der Waals surface area contributed by atoms with Gasteiger partial charge in [0.15, 0.2) is 0 Å². The number of pyridine rings is 1. The zero-order chi connectivity index (χ0) is 15.6. The predicted molar refractivity (Wildman–Crippen MR) is 91.9 cm³/mol. The summed E-state index contributed by atoms with van der Waals surface area (Å²) in [6.45, 7) is 7.14. The van der Waals surface area contributed by atoms with Crippen LogP contribution in [-0.2, 0) is 0 Å². The fourth-order valence-corrected chi connectivity index (χ4v) is 3.39. The van der Waals surface area contributed by atoms with Gasteiger partial charge in [-0.2, -0.15) is 0 Å². The van der Waals surface area contributed by atoms with Gasteiger partial charge in [0.1, 0.15) is 11.6 Å². The van der Waals surface area contributed by atoms with E-state index < -0.39 is 0 Å². The number of halogens is 2. The number of hydrogen-bond acceptors (Lipinski definition) is 4. The molecule has 2 unspecified atom stereocenters. The molecule has 0 amide bonds. The van der Waals surface area contributed by atoms with Gasteiger partial charge in [-0.15, -0.1) is 0 Å². The summed E-state index contributed by atoms with van der Waals surface area (Å²) in [7, 11) is 4.24. The second-order valence-electron chi connectivity index (χ2n) is 5.96. The molecule has 1 saturated heterocycles. The van der Waals surface area contributed by atoms with Crippen LogP contribution in [0.5, 0.6) is 0 Å². The van der Waals surface area contributed by atoms with E-state index in [0.29, 0.717) is 22.0 Å². The second-order valence-corrected chi connectivity index (χ2v) is 6.78. The van der Waals surface area contributed by atoms with Crippen molar-refractivity contribution in [2.45, 2.75) is 26.3 Å². The molecule has 21 heavy (non-hydrogen) atoms. The third kappa shape index (κ3) is 3.74. The molecule has 1 aromatic rings. The summed E-state index contributed by atoms with van der Waals surface area (Å²) < 4.78 is 0. The summed E-state index contributed by atoms with van der Waals surface area (Å²) in [5, 5.41) is 4.46. The van der Waals surface area contributed by atoms with Gasteiger partial charge in [0.05, 0.1) is 10.0 Å². The summed E-state index contributed by atoms with van der Waals surface area (Å²) in [4.78, 5) is 9.18. The molecule has 1 fully saturated rings. The molecular formula is C15H24Cl2N4.